The summed E-state index contributed by atoms with van der Waals surface area (Å²) >= 11 is 0. The normalized spacial score (nSPS) is 20.4. The molecule has 0 aromatic heterocycles. The molecule has 2 aliphatic heterocycles. The molecule has 0 spiro atoms. The van der Waals surface area contributed by atoms with Gasteiger partial charge in [-0.25, -0.2) is 0 Å². The van der Waals surface area contributed by atoms with E-state index in [9.17, 15) is 10.2 Å². The second-order valence-electron chi connectivity index (χ2n) is 10.1. The maximum atomic E-state index is 10.2. The number of phenolic OH excluding ortho intramolecular Hbond substituents is 2. The maximum Gasteiger partial charge on any atom is 0.150 e. The van der Waals surface area contributed by atoms with Crippen molar-refractivity contribution in [2.75, 3.05) is 33.4 Å². The van der Waals surface area contributed by atoms with Crippen LogP contribution in [0.25, 0.3) is 11.1 Å². The summed E-state index contributed by atoms with van der Waals surface area (Å²) in [6.45, 7) is 7.83. The molecule has 0 bridgehead atoms. The smallest absolute Gasteiger partial charge is 0.150 e. The molecule has 0 saturated carbocycles. The molecule has 5 rings (SSSR count). The number of allylic oxidation sites excluding steroid dienone is 1. The molecule has 1 unspecified atom stereocenters. The highest BCUT2D eigenvalue weighted by Gasteiger charge is 2.30. The number of methoxy groups -OCH3 is 1. The molecule has 2 heterocycles. The topological polar surface area (TPSA) is 71.4 Å². The minimum atomic E-state index is -0.367. The van der Waals surface area contributed by atoms with E-state index in [1.165, 1.54) is 6.42 Å². The number of fused-ring (bicyclic) bond motifs is 1. The average Bonchev–Trinajstić information content (AvgIpc) is 3.37. The zero-order valence-electron chi connectivity index (χ0n) is 21.7. The van der Waals surface area contributed by atoms with Gasteiger partial charge in [0.2, 0.25) is 0 Å². The van der Waals surface area contributed by atoms with E-state index in [1.807, 2.05) is 43.3 Å². The van der Waals surface area contributed by atoms with E-state index >= 15 is 0 Å². The zero-order chi connectivity index (χ0) is 25.9. The third-order valence-electron chi connectivity index (χ3n) is 7.45. The fraction of sp³-hybridized carbons (Fsp3) is 0.355. The molecule has 6 heteroatoms. The summed E-state index contributed by atoms with van der Waals surface area (Å²) in [7, 11) is 1.77. The van der Waals surface area contributed by atoms with Gasteiger partial charge in [-0.1, -0.05) is 24.3 Å². The highest BCUT2D eigenvalue weighted by molar-refractivity contribution is 5.95. The maximum absolute atomic E-state index is 10.2. The van der Waals surface area contributed by atoms with Gasteiger partial charge in [0.1, 0.15) is 35.7 Å². The molecule has 1 saturated heterocycles. The minimum absolute atomic E-state index is 0.189. The predicted molar refractivity (Wildman–Crippen MR) is 145 cm³/mol. The molecule has 6 nitrogen and oxygen atoms in total. The lowest BCUT2D eigenvalue weighted by Gasteiger charge is -2.31. The van der Waals surface area contributed by atoms with E-state index in [2.05, 4.69) is 11.8 Å². The number of ether oxygens (including phenoxy) is 3. The van der Waals surface area contributed by atoms with Crippen molar-refractivity contribution < 1.29 is 24.4 Å². The fourth-order valence-electron chi connectivity index (χ4n) is 5.41. The van der Waals surface area contributed by atoms with Gasteiger partial charge in [-0.05, 0) is 91.9 Å². The first-order valence-electron chi connectivity index (χ1n) is 12.9. The fourth-order valence-corrected chi connectivity index (χ4v) is 5.41. The number of hydrogen-bond acceptors (Lipinski definition) is 6. The monoisotopic (exact) mass is 501 g/mol. The largest absolute Gasteiger partial charge is 0.508 e. The molecule has 194 valence electrons. The average molecular weight is 502 g/mol. The third kappa shape index (κ3) is 5.45. The SMILES string of the molecule is COC[C@@H]1CCN([C@@H](C)COc2ccc(C3Oc4ccc(O)cc4C(C)=C3c3cccc(O)c3)cc2)C1. The Bertz CT molecular complexity index is 1270. The summed E-state index contributed by atoms with van der Waals surface area (Å²) in [5.41, 5.74) is 4.66. The predicted octanol–water partition coefficient (Wildman–Crippen LogP) is 5.90. The molecule has 3 atom stereocenters. The van der Waals surface area contributed by atoms with Gasteiger partial charge in [0.25, 0.3) is 0 Å². The highest BCUT2D eigenvalue weighted by Crippen LogP contribution is 2.47. The third-order valence-corrected chi connectivity index (χ3v) is 7.45. The highest BCUT2D eigenvalue weighted by atomic mass is 16.5. The lowest BCUT2D eigenvalue weighted by molar-refractivity contribution is 0.136. The lowest BCUT2D eigenvalue weighted by atomic mass is 9.86. The van der Waals surface area contributed by atoms with Crippen molar-refractivity contribution in [1.82, 2.24) is 4.90 Å². The van der Waals surface area contributed by atoms with Crippen LogP contribution in [0.1, 0.15) is 43.1 Å². The molecule has 0 amide bonds. The lowest BCUT2D eigenvalue weighted by Crippen LogP contribution is -2.35. The number of aromatic hydroxyl groups is 2. The Hall–Kier alpha value is -3.48. The molecule has 37 heavy (non-hydrogen) atoms. The van der Waals surface area contributed by atoms with Crippen LogP contribution < -0.4 is 9.47 Å². The summed E-state index contributed by atoms with van der Waals surface area (Å²) in [6.07, 6.45) is 0.806. The summed E-state index contributed by atoms with van der Waals surface area (Å²) in [5.74, 6) is 2.53. The van der Waals surface area contributed by atoms with Crippen molar-refractivity contribution in [1.29, 1.82) is 0 Å². The van der Waals surface area contributed by atoms with Crippen LogP contribution in [0, 0.1) is 5.92 Å². The summed E-state index contributed by atoms with van der Waals surface area (Å²) in [6, 6.07) is 20.8. The second kappa shape index (κ2) is 10.9. The Morgan fingerprint density at radius 3 is 2.57 bits per heavy atom. The van der Waals surface area contributed by atoms with E-state index in [0.29, 0.717) is 18.6 Å². The first kappa shape index (κ1) is 25.2. The van der Waals surface area contributed by atoms with Gasteiger partial charge >= 0.3 is 0 Å². The minimum Gasteiger partial charge on any atom is -0.508 e. The number of benzene rings is 3. The number of phenols is 2. The Morgan fingerprint density at radius 2 is 1.81 bits per heavy atom. The molecule has 0 radical (unpaired) electrons. The summed E-state index contributed by atoms with van der Waals surface area (Å²) in [5, 5.41) is 20.2. The molecular formula is C31H35NO5. The number of likely N-dealkylation sites (tertiary alicyclic amines) is 1. The van der Waals surface area contributed by atoms with Gasteiger partial charge in [-0.15, -0.1) is 0 Å². The Kier molecular flexibility index (Phi) is 7.40. The molecule has 0 aliphatic carbocycles. The van der Waals surface area contributed by atoms with Crippen LogP contribution in [-0.4, -0.2) is 54.6 Å². The van der Waals surface area contributed by atoms with Crippen LogP contribution in [-0.2, 0) is 4.74 Å². The number of nitrogens with zero attached hydrogens (tertiary/aromatic N) is 1. The molecule has 1 fully saturated rings. The van der Waals surface area contributed by atoms with E-state index in [1.54, 1.807) is 37.4 Å². The molecule has 2 N–H and O–H groups in total. The van der Waals surface area contributed by atoms with E-state index in [4.69, 9.17) is 14.2 Å². The Balaban J connectivity index is 1.35. The van der Waals surface area contributed by atoms with Crippen LogP contribution >= 0.6 is 0 Å². The van der Waals surface area contributed by atoms with Crippen molar-refractivity contribution in [3.05, 3.63) is 83.4 Å². The quantitative estimate of drug-likeness (QED) is 0.401. The van der Waals surface area contributed by atoms with Gasteiger partial charge in [0.15, 0.2) is 0 Å². The number of hydrogen-bond donors (Lipinski definition) is 2. The molecule has 2 aliphatic rings. The van der Waals surface area contributed by atoms with E-state index < -0.39 is 0 Å². The van der Waals surface area contributed by atoms with Crippen LogP contribution in [0.4, 0.5) is 0 Å². The zero-order valence-corrected chi connectivity index (χ0v) is 21.7. The van der Waals surface area contributed by atoms with Crippen LogP contribution in [0.5, 0.6) is 23.0 Å². The Labute approximate surface area is 218 Å². The standard InChI is InChI=1S/C31H35NO5/c1-20(32-14-13-22(17-32)19-35-3)18-36-27-10-7-23(8-11-27)31-30(24-5-4-6-25(33)15-24)21(2)28-16-26(34)9-12-29(28)37-31/h4-12,15-16,20,22,31,33-34H,13-14,17-19H2,1-3H3/t20-,22+,31?/m0/s1. The molecule has 3 aromatic carbocycles. The first-order chi connectivity index (χ1) is 17.9. The van der Waals surface area contributed by atoms with E-state index in [0.717, 1.165) is 59.0 Å². The van der Waals surface area contributed by atoms with Gasteiger partial charge in [-0.3, -0.25) is 4.90 Å². The second-order valence-corrected chi connectivity index (χ2v) is 10.1. The summed E-state index contributed by atoms with van der Waals surface area (Å²) < 4.78 is 17.9. The van der Waals surface area contributed by atoms with Crippen molar-refractivity contribution in [3.63, 3.8) is 0 Å². The summed E-state index contributed by atoms with van der Waals surface area (Å²) in [4.78, 5) is 2.47. The van der Waals surface area contributed by atoms with Crippen molar-refractivity contribution in [2.24, 2.45) is 5.92 Å². The number of rotatable bonds is 8. The van der Waals surface area contributed by atoms with Crippen molar-refractivity contribution in [2.45, 2.75) is 32.4 Å². The molecular weight excluding hydrogens is 466 g/mol. The van der Waals surface area contributed by atoms with Gasteiger partial charge in [0, 0.05) is 30.8 Å². The van der Waals surface area contributed by atoms with Crippen LogP contribution in [0.2, 0.25) is 0 Å². The van der Waals surface area contributed by atoms with Crippen molar-refractivity contribution in [3.8, 4) is 23.0 Å². The van der Waals surface area contributed by atoms with Crippen molar-refractivity contribution >= 4 is 11.1 Å². The van der Waals surface area contributed by atoms with Gasteiger partial charge in [-0.2, -0.15) is 0 Å². The van der Waals surface area contributed by atoms with Gasteiger partial charge in [0.05, 0.1) is 6.61 Å². The van der Waals surface area contributed by atoms with E-state index in [-0.39, 0.29) is 17.6 Å². The first-order valence-corrected chi connectivity index (χ1v) is 12.9. The molecule has 3 aromatic rings. The van der Waals surface area contributed by atoms with Gasteiger partial charge < -0.3 is 24.4 Å². The Morgan fingerprint density at radius 1 is 1.03 bits per heavy atom. The van der Waals surface area contributed by atoms with Crippen LogP contribution in [0.3, 0.4) is 0 Å². The van der Waals surface area contributed by atoms with Crippen LogP contribution in [0.15, 0.2) is 66.7 Å².